The fourth-order valence-electron chi connectivity index (χ4n) is 2.60. The van der Waals surface area contributed by atoms with E-state index in [1.165, 1.54) is 12.8 Å². The molecule has 3 rings (SSSR count). The standard InChI is InChI=1S/C19H20Cl2N4/c1-2-3-6-9-22-18-16-7-4-5-8-17(16)24-19(25-18)23-15-11-13(20)10-14(21)12-15/h4-5,7-8,10-12H,2-3,6,9H2,1H3,(H2,22,23,24,25). The zero-order valence-electron chi connectivity index (χ0n) is 14.0. The molecule has 0 saturated heterocycles. The van der Waals surface area contributed by atoms with Crippen molar-refractivity contribution >= 4 is 51.6 Å². The van der Waals surface area contributed by atoms with Gasteiger partial charge in [0, 0.05) is 27.7 Å². The normalized spacial score (nSPS) is 10.8. The Labute approximate surface area is 157 Å². The van der Waals surface area contributed by atoms with Crippen LogP contribution in [0.1, 0.15) is 26.2 Å². The van der Waals surface area contributed by atoms with Crippen molar-refractivity contribution in [2.45, 2.75) is 26.2 Å². The van der Waals surface area contributed by atoms with E-state index in [1.54, 1.807) is 18.2 Å². The molecular weight excluding hydrogens is 355 g/mol. The first kappa shape index (κ1) is 17.8. The molecule has 0 unspecified atom stereocenters. The maximum absolute atomic E-state index is 6.06. The number of anilines is 3. The Morgan fingerprint density at radius 1 is 0.960 bits per heavy atom. The molecule has 3 aromatic rings. The lowest BCUT2D eigenvalue weighted by atomic mass is 10.2. The summed E-state index contributed by atoms with van der Waals surface area (Å²) in [4.78, 5) is 9.22. The number of hydrogen-bond acceptors (Lipinski definition) is 4. The Balaban J connectivity index is 1.89. The van der Waals surface area contributed by atoms with Crippen molar-refractivity contribution in [2.24, 2.45) is 0 Å². The molecule has 0 radical (unpaired) electrons. The van der Waals surface area contributed by atoms with E-state index < -0.39 is 0 Å². The molecular formula is C19H20Cl2N4. The van der Waals surface area contributed by atoms with Crippen molar-refractivity contribution in [1.82, 2.24) is 9.97 Å². The van der Waals surface area contributed by atoms with E-state index in [0.717, 1.165) is 35.4 Å². The van der Waals surface area contributed by atoms with Crippen LogP contribution >= 0.6 is 23.2 Å². The molecule has 6 heteroatoms. The number of aromatic nitrogens is 2. The summed E-state index contributed by atoms with van der Waals surface area (Å²) in [6, 6.07) is 13.2. The summed E-state index contributed by atoms with van der Waals surface area (Å²) in [6.45, 7) is 3.08. The zero-order chi connectivity index (χ0) is 17.6. The Kier molecular flexibility index (Phi) is 5.95. The predicted octanol–water partition coefficient (Wildman–Crippen LogP) is 6.28. The third-order valence-corrected chi connectivity index (χ3v) is 4.23. The van der Waals surface area contributed by atoms with Crippen molar-refractivity contribution in [1.29, 1.82) is 0 Å². The van der Waals surface area contributed by atoms with Gasteiger partial charge in [0.2, 0.25) is 5.95 Å². The van der Waals surface area contributed by atoms with Crippen LogP contribution in [0.3, 0.4) is 0 Å². The molecule has 0 aliphatic rings. The van der Waals surface area contributed by atoms with Crippen LogP contribution in [0.25, 0.3) is 10.9 Å². The second-order valence-corrected chi connectivity index (χ2v) is 6.70. The first-order valence-corrected chi connectivity index (χ1v) is 9.15. The second kappa shape index (κ2) is 8.37. The fraction of sp³-hybridized carbons (Fsp3) is 0.263. The summed E-state index contributed by atoms with van der Waals surface area (Å²) in [5, 5.41) is 8.75. The van der Waals surface area contributed by atoms with Crippen LogP contribution in [-0.4, -0.2) is 16.5 Å². The van der Waals surface area contributed by atoms with Gasteiger partial charge in [-0.25, -0.2) is 4.98 Å². The van der Waals surface area contributed by atoms with Gasteiger partial charge in [0.15, 0.2) is 0 Å². The van der Waals surface area contributed by atoms with Crippen LogP contribution in [0.5, 0.6) is 0 Å². The highest BCUT2D eigenvalue weighted by Crippen LogP contribution is 2.27. The molecule has 1 aromatic heterocycles. The van der Waals surface area contributed by atoms with E-state index in [4.69, 9.17) is 23.2 Å². The third-order valence-electron chi connectivity index (χ3n) is 3.79. The van der Waals surface area contributed by atoms with E-state index in [1.807, 2.05) is 24.3 Å². The zero-order valence-corrected chi connectivity index (χ0v) is 15.5. The lowest BCUT2D eigenvalue weighted by Gasteiger charge is -2.12. The number of fused-ring (bicyclic) bond motifs is 1. The van der Waals surface area contributed by atoms with Gasteiger partial charge >= 0.3 is 0 Å². The first-order valence-electron chi connectivity index (χ1n) is 8.39. The number of para-hydroxylation sites is 1. The third kappa shape index (κ3) is 4.74. The van der Waals surface area contributed by atoms with Gasteiger partial charge in [-0.05, 0) is 36.8 Å². The molecule has 1 heterocycles. The first-order chi connectivity index (χ1) is 12.2. The van der Waals surface area contributed by atoms with Gasteiger partial charge in [-0.15, -0.1) is 0 Å². The molecule has 25 heavy (non-hydrogen) atoms. The molecule has 0 spiro atoms. The predicted molar refractivity (Wildman–Crippen MR) is 107 cm³/mol. The van der Waals surface area contributed by atoms with Gasteiger partial charge in [0.05, 0.1) is 5.52 Å². The average molecular weight is 375 g/mol. The highest BCUT2D eigenvalue weighted by Gasteiger charge is 2.08. The van der Waals surface area contributed by atoms with Crippen molar-refractivity contribution in [3.63, 3.8) is 0 Å². The van der Waals surface area contributed by atoms with Crippen molar-refractivity contribution in [3.05, 3.63) is 52.5 Å². The summed E-state index contributed by atoms with van der Waals surface area (Å²) in [5.74, 6) is 1.34. The summed E-state index contributed by atoms with van der Waals surface area (Å²) in [7, 11) is 0. The molecule has 2 aromatic carbocycles. The van der Waals surface area contributed by atoms with Crippen molar-refractivity contribution in [2.75, 3.05) is 17.2 Å². The van der Waals surface area contributed by atoms with Crippen LogP contribution in [-0.2, 0) is 0 Å². The number of nitrogens with zero attached hydrogens (tertiary/aromatic N) is 2. The molecule has 0 fully saturated rings. The van der Waals surface area contributed by atoms with Crippen LogP contribution < -0.4 is 10.6 Å². The topological polar surface area (TPSA) is 49.8 Å². The Bertz CT molecular complexity index is 847. The lowest BCUT2D eigenvalue weighted by Crippen LogP contribution is -2.07. The van der Waals surface area contributed by atoms with Gasteiger partial charge in [-0.3, -0.25) is 0 Å². The summed E-state index contributed by atoms with van der Waals surface area (Å²) in [6.07, 6.45) is 3.50. The summed E-state index contributed by atoms with van der Waals surface area (Å²) in [5.41, 5.74) is 1.64. The van der Waals surface area contributed by atoms with E-state index in [2.05, 4.69) is 27.5 Å². The van der Waals surface area contributed by atoms with Crippen LogP contribution in [0.4, 0.5) is 17.5 Å². The van der Waals surface area contributed by atoms with Gasteiger partial charge in [0.25, 0.3) is 0 Å². The van der Waals surface area contributed by atoms with E-state index >= 15 is 0 Å². The van der Waals surface area contributed by atoms with Crippen LogP contribution in [0.2, 0.25) is 10.0 Å². The summed E-state index contributed by atoms with van der Waals surface area (Å²) < 4.78 is 0. The number of rotatable bonds is 7. The minimum atomic E-state index is 0.509. The molecule has 0 atom stereocenters. The maximum Gasteiger partial charge on any atom is 0.229 e. The highest BCUT2D eigenvalue weighted by molar-refractivity contribution is 6.35. The molecule has 4 nitrogen and oxygen atoms in total. The maximum atomic E-state index is 6.06. The quantitative estimate of drug-likeness (QED) is 0.477. The number of halogens is 2. The molecule has 0 aliphatic carbocycles. The molecule has 0 amide bonds. The summed E-state index contributed by atoms with van der Waals surface area (Å²) >= 11 is 12.1. The average Bonchev–Trinajstić information content (AvgIpc) is 2.57. The number of benzene rings is 2. The SMILES string of the molecule is CCCCCNc1nc(Nc2cc(Cl)cc(Cl)c2)nc2ccccc12. The van der Waals surface area contributed by atoms with Crippen LogP contribution in [0, 0.1) is 0 Å². The molecule has 130 valence electrons. The smallest absolute Gasteiger partial charge is 0.229 e. The Morgan fingerprint density at radius 2 is 1.72 bits per heavy atom. The fourth-order valence-corrected chi connectivity index (χ4v) is 3.13. The minimum absolute atomic E-state index is 0.509. The van der Waals surface area contributed by atoms with Gasteiger partial charge in [-0.1, -0.05) is 55.1 Å². The van der Waals surface area contributed by atoms with Crippen molar-refractivity contribution < 1.29 is 0 Å². The monoisotopic (exact) mass is 374 g/mol. The highest BCUT2D eigenvalue weighted by atomic mass is 35.5. The minimum Gasteiger partial charge on any atom is -0.369 e. The van der Waals surface area contributed by atoms with E-state index in [0.29, 0.717) is 16.0 Å². The van der Waals surface area contributed by atoms with Crippen molar-refractivity contribution in [3.8, 4) is 0 Å². The van der Waals surface area contributed by atoms with Gasteiger partial charge in [0.1, 0.15) is 5.82 Å². The van der Waals surface area contributed by atoms with E-state index in [-0.39, 0.29) is 0 Å². The number of hydrogen-bond donors (Lipinski definition) is 2. The molecule has 0 aliphatic heterocycles. The lowest BCUT2D eigenvalue weighted by molar-refractivity contribution is 0.743. The molecule has 0 bridgehead atoms. The molecule has 2 N–H and O–H groups in total. The number of nitrogens with one attached hydrogen (secondary N) is 2. The largest absolute Gasteiger partial charge is 0.369 e. The van der Waals surface area contributed by atoms with Gasteiger partial charge in [-0.2, -0.15) is 4.98 Å². The Morgan fingerprint density at radius 3 is 2.48 bits per heavy atom. The van der Waals surface area contributed by atoms with Crippen LogP contribution in [0.15, 0.2) is 42.5 Å². The number of unbranched alkanes of at least 4 members (excludes halogenated alkanes) is 2. The van der Waals surface area contributed by atoms with E-state index in [9.17, 15) is 0 Å². The Hall–Kier alpha value is -2.04. The second-order valence-electron chi connectivity index (χ2n) is 5.83. The molecule has 0 saturated carbocycles. The van der Waals surface area contributed by atoms with Gasteiger partial charge < -0.3 is 10.6 Å².